The molecular weight excluding hydrogens is 178 g/mol. The van der Waals surface area contributed by atoms with Crippen LogP contribution in [0.25, 0.3) is 0 Å². The highest BCUT2D eigenvalue weighted by atomic mass is 16.3. The summed E-state index contributed by atoms with van der Waals surface area (Å²) in [5.74, 6) is 0. The fraction of sp³-hybridized carbons (Fsp3) is 1.00. The fourth-order valence-corrected chi connectivity index (χ4v) is 1.75. The molecule has 0 saturated heterocycles. The lowest BCUT2D eigenvalue weighted by Crippen LogP contribution is -2.60. The van der Waals surface area contributed by atoms with E-state index in [0.717, 1.165) is 19.3 Å². The molecule has 3 heteroatoms. The Labute approximate surface area is 86.5 Å². The monoisotopic (exact) mass is 201 g/mol. The van der Waals surface area contributed by atoms with Gasteiger partial charge in [-0.3, -0.25) is 0 Å². The smallest absolute Gasteiger partial charge is 0.0767 e. The molecule has 14 heavy (non-hydrogen) atoms. The third-order valence-electron chi connectivity index (χ3n) is 3.56. The van der Waals surface area contributed by atoms with E-state index in [1.807, 2.05) is 13.8 Å². The molecule has 0 amide bonds. The van der Waals surface area contributed by atoms with Crippen LogP contribution in [0.2, 0.25) is 0 Å². The van der Waals surface area contributed by atoms with E-state index in [1.54, 1.807) is 13.8 Å². The van der Waals surface area contributed by atoms with Crippen LogP contribution in [0.15, 0.2) is 0 Å². The van der Waals surface area contributed by atoms with Gasteiger partial charge in [0.25, 0.3) is 0 Å². The first-order valence-electron chi connectivity index (χ1n) is 5.42. The standard InChI is InChI=1S/C11H23NO2/c1-10(2,11(3,4)14)12-8-6-5-7-9(8)13/h8-9,12-14H,5-7H2,1-4H3/t8-,9-/m0/s1. The van der Waals surface area contributed by atoms with E-state index in [1.165, 1.54) is 0 Å². The van der Waals surface area contributed by atoms with E-state index >= 15 is 0 Å². The maximum absolute atomic E-state index is 9.95. The van der Waals surface area contributed by atoms with Crippen LogP contribution >= 0.6 is 0 Å². The third kappa shape index (κ3) is 2.47. The van der Waals surface area contributed by atoms with Gasteiger partial charge in [-0.2, -0.15) is 0 Å². The van der Waals surface area contributed by atoms with Gasteiger partial charge >= 0.3 is 0 Å². The van der Waals surface area contributed by atoms with Crippen LogP contribution in [-0.2, 0) is 0 Å². The van der Waals surface area contributed by atoms with Crippen molar-refractivity contribution in [2.24, 2.45) is 0 Å². The molecule has 0 aromatic carbocycles. The summed E-state index contributed by atoms with van der Waals surface area (Å²) in [7, 11) is 0. The van der Waals surface area contributed by atoms with Gasteiger partial charge in [-0.15, -0.1) is 0 Å². The number of aliphatic hydroxyl groups is 2. The summed E-state index contributed by atoms with van der Waals surface area (Å²) in [4.78, 5) is 0. The van der Waals surface area contributed by atoms with Crippen LogP contribution in [0.3, 0.4) is 0 Å². The molecule has 2 atom stereocenters. The predicted molar refractivity (Wildman–Crippen MR) is 57.2 cm³/mol. The second kappa shape index (κ2) is 3.80. The number of hydrogen-bond acceptors (Lipinski definition) is 3. The Kier molecular flexibility index (Phi) is 3.24. The first kappa shape index (κ1) is 12.0. The maximum atomic E-state index is 9.95. The Morgan fingerprint density at radius 1 is 1.14 bits per heavy atom. The van der Waals surface area contributed by atoms with E-state index in [0.29, 0.717) is 0 Å². The SMILES string of the molecule is CC(C)(O)C(C)(C)N[C@H]1CCC[C@@H]1O. The van der Waals surface area contributed by atoms with Crippen molar-refractivity contribution in [1.29, 1.82) is 0 Å². The zero-order valence-electron chi connectivity index (χ0n) is 9.67. The molecule has 0 heterocycles. The van der Waals surface area contributed by atoms with E-state index in [9.17, 15) is 10.2 Å². The molecule has 1 fully saturated rings. The highest BCUT2D eigenvalue weighted by Gasteiger charge is 2.39. The van der Waals surface area contributed by atoms with E-state index in [-0.39, 0.29) is 17.7 Å². The van der Waals surface area contributed by atoms with E-state index < -0.39 is 5.60 Å². The van der Waals surface area contributed by atoms with Crippen molar-refractivity contribution in [3.63, 3.8) is 0 Å². The van der Waals surface area contributed by atoms with Gasteiger partial charge in [-0.05, 0) is 47.0 Å². The van der Waals surface area contributed by atoms with Gasteiger partial charge in [0.2, 0.25) is 0 Å². The number of rotatable bonds is 3. The van der Waals surface area contributed by atoms with Crippen molar-refractivity contribution in [3.05, 3.63) is 0 Å². The molecule has 1 aliphatic carbocycles. The first-order chi connectivity index (χ1) is 6.24. The van der Waals surface area contributed by atoms with Crippen LogP contribution in [-0.4, -0.2) is 33.5 Å². The summed E-state index contributed by atoms with van der Waals surface area (Å²) in [6.45, 7) is 7.53. The topological polar surface area (TPSA) is 52.5 Å². The van der Waals surface area contributed by atoms with Crippen molar-refractivity contribution < 1.29 is 10.2 Å². The molecule has 1 aliphatic rings. The van der Waals surface area contributed by atoms with Crippen LogP contribution in [0.5, 0.6) is 0 Å². The van der Waals surface area contributed by atoms with Gasteiger partial charge in [-0.25, -0.2) is 0 Å². The quantitative estimate of drug-likeness (QED) is 0.639. The summed E-state index contributed by atoms with van der Waals surface area (Å²) >= 11 is 0. The lowest BCUT2D eigenvalue weighted by molar-refractivity contribution is -0.0174. The summed E-state index contributed by atoms with van der Waals surface area (Å²) in [6.07, 6.45) is 2.69. The zero-order valence-corrected chi connectivity index (χ0v) is 9.67. The van der Waals surface area contributed by atoms with Crippen LogP contribution in [0.4, 0.5) is 0 Å². The van der Waals surface area contributed by atoms with Gasteiger partial charge in [0.15, 0.2) is 0 Å². The van der Waals surface area contributed by atoms with Crippen molar-refractivity contribution >= 4 is 0 Å². The van der Waals surface area contributed by atoms with E-state index in [4.69, 9.17) is 0 Å². The van der Waals surface area contributed by atoms with Gasteiger partial charge < -0.3 is 15.5 Å². The minimum Gasteiger partial charge on any atom is -0.392 e. The maximum Gasteiger partial charge on any atom is 0.0767 e. The Balaban J connectivity index is 2.58. The largest absolute Gasteiger partial charge is 0.392 e. The lowest BCUT2D eigenvalue weighted by Gasteiger charge is -2.41. The minimum atomic E-state index is -0.782. The molecule has 0 aromatic rings. The molecule has 84 valence electrons. The Morgan fingerprint density at radius 2 is 1.71 bits per heavy atom. The van der Waals surface area contributed by atoms with Gasteiger partial charge in [-0.1, -0.05) is 0 Å². The summed E-state index contributed by atoms with van der Waals surface area (Å²) in [5, 5.41) is 23.0. The normalized spacial score (nSPS) is 29.6. The second-order valence-electron chi connectivity index (χ2n) is 5.43. The lowest BCUT2D eigenvalue weighted by atomic mass is 9.85. The Hall–Kier alpha value is -0.120. The highest BCUT2D eigenvalue weighted by molar-refractivity contribution is 4.98. The average molecular weight is 201 g/mol. The first-order valence-corrected chi connectivity index (χ1v) is 5.42. The molecule has 3 nitrogen and oxygen atoms in total. The summed E-state index contributed by atoms with van der Waals surface area (Å²) < 4.78 is 0. The van der Waals surface area contributed by atoms with Gasteiger partial charge in [0.05, 0.1) is 11.7 Å². The number of aliphatic hydroxyl groups excluding tert-OH is 1. The van der Waals surface area contributed by atoms with Crippen molar-refractivity contribution in [1.82, 2.24) is 5.32 Å². The average Bonchev–Trinajstić information content (AvgIpc) is 2.33. The van der Waals surface area contributed by atoms with Gasteiger partial charge in [0, 0.05) is 11.6 Å². The van der Waals surface area contributed by atoms with E-state index in [2.05, 4.69) is 5.32 Å². The van der Waals surface area contributed by atoms with Crippen molar-refractivity contribution in [2.45, 2.75) is 70.2 Å². The Bertz CT molecular complexity index is 196. The molecule has 3 N–H and O–H groups in total. The summed E-state index contributed by atoms with van der Waals surface area (Å²) in [5.41, 5.74) is -1.15. The van der Waals surface area contributed by atoms with Crippen molar-refractivity contribution in [2.75, 3.05) is 0 Å². The third-order valence-corrected chi connectivity index (χ3v) is 3.56. The van der Waals surface area contributed by atoms with Crippen LogP contribution in [0, 0.1) is 0 Å². The molecule has 0 aliphatic heterocycles. The highest BCUT2D eigenvalue weighted by Crippen LogP contribution is 2.26. The molecule has 0 aromatic heterocycles. The number of nitrogens with one attached hydrogen (secondary N) is 1. The predicted octanol–water partition coefficient (Wildman–Crippen LogP) is 1.04. The molecular formula is C11H23NO2. The molecule has 0 radical (unpaired) electrons. The van der Waals surface area contributed by atoms with Crippen molar-refractivity contribution in [3.8, 4) is 0 Å². The summed E-state index contributed by atoms with van der Waals surface area (Å²) in [6, 6.07) is 0.136. The molecule has 0 bridgehead atoms. The fourth-order valence-electron chi connectivity index (χ4n) is 1.75. The van der Waals surface area contributed by atoms with Crippen LogP contribution < -0.4 is 5.32 Å². The molecule has 1 saturated carbocycles. The zero-order chi connectivity index (χ0) is 11.0. The minimum absolute atomic E-state index is 0.136. The molecule has 0 spiro atoms. The second-order valence-corrected chi connectivity index (χ2v) is 5.43. The van der Waals surface area contributed by atoms with Gasteiger partial charge in [0.1, 0.15) is 0 Å². The molecule has 1 rings (SSSR count). The molecule has 0 unspecified atom stereocenters. The number of hydrogen-bond donors (Lipinski definition) is 3. The Morgan fingerprint density at radius 3 is 2.07 bits per heavy atom. The van der Waals surface area contributed by atoms with Crippen LogP contribution in [0.1, 0.15) is 47.0 Å².